The lowest BCUT2D eigenvalue weighted by Gasteiger charge is -2.11. The molecule has 6 heteroatoms. The molecule has 0 aliphatic rings. The van der Waals surface area contributed by atoms with E-state index in [1.807, 2.05) is 43.3 Å². The van der Waals surface area contributed by atoms with Crippen molar-refractivity contribution in [3.05, 3.63) is 89.4 Å². The predicted molar refractivity (Wildman–Crippen MR) is 109 cm³/mol. The van der Waals surface area contributed by atoms with Crippen LogP contribution in [-0.4, -0.2) is 10.1 Å². The van der Waals surface area contributed by atoms with Gasteiger partial charge in [0.1, 0.15) is 24.0 Å². The zero-order chi connectivity index (χ0) is 19.1. The number of ether oxygens (including phenoxy) is 1. The quantitative estimate of drug-likeness (QED) is 0.611. The van der Waals surface area contributed by atoms with Crippen LogP contribution in [0, 0.1) is 12.7 Å². The van der Waals surface area contributed by atoms with Gasteiger partial charge < -0.3 is 15.4 Å². The van der Waals surface area contributed by atoms with E-state index in [2.05, 4.69) is 15.6 Å². The molecule has 138 valence electrons. The topological polar surface area (TPSA) is 46.2 Å². The average molecular weight is 381 g/mol. The molecule has 1 heterocycles. The second kappa shape index (κ2) is 9.09. The van der Waals surface area contributed by atoms with Gasteiger partial charge in [0.15, 0.2) is 5.11 Å². The number of halogens is 1. The van der Waals surface area contributed by atoms with Crippen LogP contribution in [0.5, 0.6) is 5.75 Å². The van der Waals surface area contributed by atoms with Gasteiger partial charge in [0.05, 0.1) is 0 Å². The highest BCUT2D eigenvalue weighted by molar-refractivity contribution is 7.80. The molecule has 0 spiro atoms. The molecular weight excluding hydrogens is 361 g/mol. The zero-order valence-electron chi connectivity index (χ0n) is 14.9. The number of aromatic nitrogens is 1. The van der Waals surface area contributed by atoms with Gasteiger partial charge in [0.25, 0.3) is 0 Å². The van der Waals surface area contributed by atoms with Crippen LogP contribution in [0.3, 0.4) is 0 Å². The number of thiocarbonyl (C=S) groups is 1. The number of rotatable bonds is 6. The first-order valence-electron chi connectivity index (χ1n) is 8.52. The standard InChI is InChI=1S/C21H20FN3OS/c1-15-10-11-23-20(12-15)25-21(27)24-13-16-4-8-19(9-5-16)26-14-17-2-6-18(22)7-3-17/h2-12H,13-14H2,1H3,(H2,23,24,25,27). The number of pyridine rings is 1. The van der Waals surface area contributed by atoms with Crippen LogP contribution in [-0.2, 0) is 13.2 Å². The highest BCUT2D eigenvalue weighted by Gasteiger charge is 2.01. The van der Waals surface area contributed by atoms with Crippen molar-refractivity contribution in [1.82, 2.24) is 10.3 Å². The van der Waals surface area contributed by atoms with Crippen molar-refractivity contribution in [2.75, 3.05) is 5.32 Å². The Morgan fingerprint density at radius 1 is 1.04 bits per heavy atom. The maximum atomic E-state index is 12.9. The third-order valence-electron chi connectivity index (χ3n) is 3.85. The van der Waals surface area contributed by atoms with E-state index >= 15 is 0 Å². The van der Waals surface area contributed by atoms with Crippen LogP contribution < -0.4 is 15.4 Å². The van der Waals surface area contributed by atoms with Crippen LogP contribution in [0.4, 0.5) is 10.2 Å². The van der Waals surface area contributed by atoms with Gasteiger partial charge in [-0.25, -0.2) is 9.37 Å². The summed E-state index contributed by atoms with van der Waals surface area (Å²) < 4.78 is 18.6. The minimum Gasteiger partial charge on any atom is -0.489 e. The van der Waals surface area contributed by atoms with Crippen LogP contribution in [0.25, 0.3) is 0 Å². The third-order valence-corrected chi connectivity index (χ3v) is 4.10. The molecule has 0 bridgehead atoms. The Morgan fingerprint density at radius 2 is 1.74 bits per heavy atom. The monoisotopic (exact) mass is 381 g/mol. The molecule has 2 N–H and O–H groups in total. The van der Waals surface area contributed by atoms with Crippen molar-refractivity contribution < 1.29 is 9.13 Å². The Labute approximate surface area is 163 Å². The van der Waals surface area contributed by atoms with E-state index in [0.717, 1.165) is 28.3 Å². The molecular formula is C21H20FN3OS. The Hall–Kier alpha value is -2.99. The third kappa shape index (κ3) is 6.04. The first-order chi connectivity index (χ1) is 13.1. The highest BCUT2D eigenvalue weighted by atomic mass is 32.1. The second-order valence-corrected chi connectivity index (χ2v) is 6.49. The molecule has 27 heavy (non-hydrogen) atoms. The molecule has 3 rings (SSSR count). The number of hydrogen-bond donors (Lipinski definition) is 2. The lowest BCUT2D eigenvalue weighted by Crippen LogP contribution is -2.28. The lowest BCUT2D eigenvalue weighted by atomic mass is 10.2. The van der Waals surface area contributed by atoms with Crippen LogP contribution >= 0.6 is 12.2 Å². The molecule has 0 saturated heterocycles. The Balaban J connectivity index is 1.45. The molecule has 1 aromatic heterocycles. The summed E-state index contributed by atoms with van der Waals surface area (Å²) in [5, 5.41) is 6.74. The number of anilines is 1. The second-order valence-electron chi connectivity index (χ2n) is 6.09. The smallest absolute Gasteiger partial charge is 0.172 e. The van der Waals surface area contributed by atoms with Crippen LogP contribution in [0.2, 0.25) is 0 Å². The normalized spacial score (nSPS) is 10.3. The zero-order valence-corrected chi connectivity index (χ0v) is 15.7. The largest absolute Gasteiger partial charge is 0.489 e. The highest BCUT2D eigenvalue weighted by Crippen LogP contribution is 2.14. The molecule has 0 fully saturated rings. The van der Waals surface area contributed by atoms with E-state index in [1.54, 1.807) is 18.3 Å². The van der Waals surface area contributed by atoms with E-state index in [0.29, 0.717) is 18.3 Å². The summed E-state index contributed by atoms with van der Waals surface area (Å²) in [6, 6.07) is 17.9. The molecule has 0 radical (unpaired) electrons. The van der Waals surface area contributed by atoms with Gasteiger partial charge in [0.2, 0.25) is 0 Å². The Bertz CT molecular complexity index is 898. The van der Waals surface area contributed by atoms with Crippen molar-refractivity contribution in [3.8, 4) is 5.75 Å². The van der Waals surface area contributed by atoms with Crippen molar-refractivity contribution in [2.45, 2.75) is 20.1 Å². The van der Waals surface area contributed by atoms with Crippen molar-refractivity contribution in [1.29, 1.82) is 0 Å². The predicted octanol–water partition coefficient (Wildman–Crippen LogP) is 4.59. The maximum absolute atomic E-state index is 12.9. The fourth-order valence-electron chi connectivity index (χ4n) is 2.40. The number of aryl methyl sites for hydroxylation is 1. The summed E-state index contributed by atoms with van der Waals surface area (Å²) in [5.74, 6) is 1.23. The maximum Gasteiger partial charge on any atom is 0.172 e. The molecule has 0 aliphatic carbocycles. The fourth-order valence-corrected chi connectivity index (χ4v) is 2.57. The molecule has 3 aromatic rings. The molecule has 2 aromatic carbocycles. The number of benzene rings is 2. The minimum absolute atomic E-state index is 0.249. The molecule has 0 saturated carbocycles. The summed E-state index contributed by atoms with van der Waals surface area (Å²) in [7, 11) is 0. The molecule has 0 atom stereocenters. The van der Waals surface area contributed by atoms with Gasteiger partial charge in [-0.2, -0.15) is 0 Å². The van der Waals surface area contributed by atoms with Crippen molar-refractivity contribution in [2.24, 2.45) is 0 Å². The van der Waals surface area contributed by atoms with Gasteiger partial charge in [-0.15, -0.1) is 0 Å². The van der Waals surface area contributed by atoms with E-state index < -0.39 is 0 Å². The van der Waals surface area contributed by atoms with Gasteiger partial charge >= 0.3 is 0 Å². The van der Waals surface area contributed by atoms with Crippen molar-refractivity contribution >= 4 is 23.1 Å². The summed E-state index contributed by atoms with van der Waals surface area (Å²) in [6.07, 6.45) is 1.74. The van der Waals surface area contributed by atoms with Gasteiger partial charge in [-0.3, -0.25) is 0 Å². The summed E-state index contributed by atoms with van der Waals surface area (Å²) >= 11 is 5.30. The van der Waals surface area contributed by atoms with Gasteiger partial charge in [0, 0.05) is 12.7 Å². The number of nitrogens with one attached hydrogen (secondary N) is 2. The van der Waals surface area contributed by atoms with Gasteiger partial charge in [-0.05, 0) is 72.2 Å². The van der Waals surface area contributed by atoms with Gasteiger partial charge in [-0.1, -0.05) is 24.3 Å². The van der Waals surface area contributed by atoms with E-state index in [-0.39, 0.29) is 5.82 Å². The van der Waals surface area contributed by atoms with Crippen LogP contribution in [0.15, 0.2) is 66.9 Å². The van der Waals surface area contributed by atoms with E-state index in [4.69, 9.17) is 17.0 Å². The molecule has 4 nitrogen and oxygen atoms in total. The first kappa shape index (κ1) is 18.8. The molecule has 0 unspecified atom stereocenters. The summed E-state index contributed by atoms with van der Waals surface area (Å²) in [5.41, 5.74) is 3.11. The molecule has 0 aliphatic heterocycles. The lowest BCUT2D eigenvalue weighted by molar-refractivity contribution is 0.306. The number of hydrogen-bond acceptors (Lipinski definition) is 3. The average Bonchev–Trinajstić information content (AvgIpc) is 2.67. The van der Waals surface area contributed by atoms with E-state index in [1.165, 1.54) is 12.1 Å². The summed E-state index contributed by atoms with van der Waals surface area (Å²) in [6.45, 7) is 2.99. The van der Waals surface area contributed by atoms with E-state index in [9.17, 15) is 4.39 Å². The molecule has 0 amide bonds. The fraction of sp³-hybridized carbons (Fsp3) is 0.143. The first-order valence-corrected chi connectivity index (χ1v) is 8.93. The van der Waals surface area contributed by atoms with Crippen molar-refractivity contribution in [3.63, 3.8) is 0 Å². The Morgan fingerprint density at radius 3 is 2.44 bits per heavy atom. The van der Waals surface area contributed by atoms with Crippen LogP contribution in [0.1, 0.15) is 16.7 Å². The SMILES string of the molecule is Cc1ccnc(NC(=S)NCc2ccc(OCc3ccc(F)cc3)cc2)c1. The number of nitrogens with zero attached hydrogens (tertiary/aromatic N) is 1. The Kier molecular flexibility index (Phi) is 6.33. The summed E-state index contributed by atoms with van der Waals surface area (Å²) in [4.78, 5) is 4.22. The minimum atomic E-state index is -0.249.